The molecule has 3 atom stereocenters. The number of alkyl halides is 1. The Balaban J connectivity index is 1.39. The molecule has 2 fully saturated rings. The van der Waals surface area contributed by atoms with Crippen molar-refractivity contribution in [2.24, 2.45) is 17.6 Å². The molecule has 2 amide bonds. The van der Waals surface area contributed by atoms with Crippen LogP contribution < -0.4 is 11.1 Å². The summed E-state index contributed by atoms with van der Waals surface area (Å²) in [6.07, 6.45) is 3.31. The normalized spacial score (nSPS) is 24.0. The fourth-order valence-corrected chi connectivity index (χ4v) is 6.45. The van der Waals surface area contributed by atoms with E-state index in [0.29, 0.717) is 55.2 Å². The second-order valence-corrected chi connectivity index (χ2v) is 11.0. The Morgan fingerprint density at radius 3 is 2.49 bits per heavy atom. The lowest BCUT2D eigenvalue weighted by Gasteiger charge is -2.35. The summed E-state index contributed by atoms with van der Waals surface area (Å²) in [5.74, 6) is -1.85. The first-order valence-corrected chi connectivity index (χ1v) is 13.7. The molecular weight excluding hydrogens is 523 g/mol. The molecule has 1 aliphatic heterocycles. The number of aromatic nitrogens is 1. The van der Waals surface area contributed by atoms with Gasteiger partial charge in [0.25, 0.3) is 0 Å². The zero-order valence-corrected chi connectivity index (χ0v) is 22.2. The van der Waals surface area contributed by atoms with Crippen LogP contribution in [0.1, 0.15) is 54.1 Å². The topological polar surface area (TPSA) is 129 Å². The third-order valence-corrected chi connectivity index (χ3v) is 8.69. The summed E-state index contributed by atoms with van der Waals surface area (Å²) in [5.41, 5.74) is 7.77. The molecule has 0 unspecified atom stereocenters. The number of carbonyl (C=O) groups excluding carboxylic acids is 2. The Hall–Kier alpha value is -3.43. The SMILES string of the molecule is N[C@H](CF)C1CCC(C(=O)N2CC[C@H](c3ccccc3)[C@H]2C(=O)Nc2ccc3[nH]c(C(=O)O)c(Cl)c3c2)CC1. The molecule has 0 radical (unpaired) electrons. The molecule has 2 heterocycles. The van der Waals surface area contributed by atoms with Crippen molar-refractivity contribution in [3.8, 4) is 0 Å². The number of amides is 2. The first-order valence-electron chi connectivity index (χ1n) is 13.3. The third kappa shape index (κ3) is 5.38. The van der Waals surface area contributed by atoms with E-state index in [-0.39, 0.29) is 40.3 Å². The Bertz CT molecular complexity index is 1370. The van der Waals surface area contributed by atoms with Gasteiger partial charge in [-0.15, -0.1) is 0 Å². The van der Waals surface area contributed by atoms with Crippen LogP contribution in [0, 0.1) is 11.8 Å². The molecule has 3 aromatic rings. The standard InChI is InChI=1S/C29H32ClFN4O4/c30-24-21-14-19(10-11-23(21)34-25(24)29(38)39)33-27(36)26-20(16-4-2-1-3-5-16)12-13-35(26)28(37)18-8-6-17(7-9-18)22(32)15-31/h1-5,10-11,14,17-18,20,22,26,34H,6-9,12-13,15,32H2,(H,33,36)(H,38,39)/t17?,18?,20-,22-,26+/m1/s1. The van der Waals surface area contributed by atoms with Crippen molar-refractivity contribution in [1.29, 1.82) is 0 Å². The molecule has 39 heavy (non-hydrogen) atoms. The van der Waals surface area contributed by atoms with Crippen LogP contribution in [-0.2, 0) is 9.59 Å². The van der Waals surface area contributed by atoms with Crippen LogP contribution in [0.5, 0.6) is 0 Å². The Labute approximate surface area is 230 Å². The second kappa shape index (κ2) is 11.4. The lowest BCUT2D eigenvalue weighted by Crippen LogP contribution is -2.48. The van der Waals surface area contributed by atoms with E-state index in [1.54, 1.807) is 23.1 Å². The average Bonchev–Trinajstić information content (AvgIpc) is 3.54. The van der Waals surface area contributed by atoms with Crippen LogP contribution >= 0.6 is 11.6 Å². The summed E-state index contributed by atoms with van der Waals surface area (Å²) in [4.78, 5) is 43.5. The van der Waals surface area contributed by atoms with Crippen molar-refractivity contribution in [3.05, 3.63) is 64.8 Å². The van der Waals surface area contributed by atoms with Gasteiger partial charge in [0.2, 0.25) is 11.8 Å². The number of aromatic carboxylic acids is 1. The highest BCUT2D eigenvalue weighted by atomic mass is 35.5. The molecule has 1 saturated heterocycles. The fraction of sp³-hybridized carbons (Fsp3) is 0.414. The number of nitrogens with one attached hydrogen (secondary N) is 2. The molecule has 1 saturated carbocycles. The minimum absolute atomic E-state index is 0.0453. The van der Waals surface area contributed by atoms with Gasteiger partial charge in [-0.25, -0.2) is 9.18 Å². The van der Waals surface area contributed by atoms with Crippen LogP contribution in [-0.4, -0.2) is 58.1 Å². The summed E-state index contributed by atoms with van der Waals surface area (Å²) < 4.78 is 13.1. The first-order chi connectivity index (χ1) is 18.8. The van der Waals surface area contributed by atoms with Gasteiger partial charge in [-0.05, 0) is 61.8 Å². The van der Waals surface area contributed by atoms with Crippen molar-refractivity contribution in [1.82, 2.24) is 9.88 Å². The summed E-state index contributed by atoms with van der Waals surface area (Å²) in [6, 6.07) is 13.5. The van der Waals surface area contributed by atoms with Crippen LogP contribution in [0.3, 0.4) is 0 Å². The maximum absolute atomic E-state index is 13.8. The number of nitrogens with two attached hydrogens (primary N) is 1. The molecular formula is C29H32ClFN4O4. The van der Waals surface area contributed by atoms with Crippen LogP contribution in [0.4, 0.5) is 10.1 Å². The minimum atomic E-state index is -1.17. The van der Waals surface area contributed by atoms with E-state index >= 15 is 0 Å². The van der Waals surface area contributed by atoms with E-state index in [0.717, 1.165) is 5.56 Å². The van der Waals surface area contributed by atoms with Crippen molar-refractivity contribution in [2.75, 3.05) is 18.5 Å². The molecule has 1 aliphatic carbocycles. The second-order valence-electron chi connectivity index (χ2n) is 10.6. The lowest BCUT2D eigenvalue weighted by molar-refractivity contribution is -0.141. The quantitative estimate of drug-likeness (QED) is 0.328. The van der Waals surface area contributed by atoms with Gasteiger partial charge in [0.15, 0.2) is 0 Å². The van der Waals surface area contributed by atoms with Gasteiger partial charge < -0.3 is 26.0 Å². The zero-order valence-electron chi connectivity index (χ0n) is 21.4. The molecule has 5 N–H and O–H groups in total. The van der Waals surface area contributed by atoms with E-state index in [1.807, 2.05) is 30.3 Å². The summed E-state index contributed by atoms with van der Waals surface area (Å²) in [6.45, 7) is -0.0984. The highest BCUT2D eigenvalue weighted by molar-refractivity contribution is 6.38. The molecule has 8 nitrogen and oxygen atoms in total. The van der Waals surface area contributed by atoms with Gasteiger partial charge in [0.1, 0.15) is 18.4 Å². The maximum atomic E-state index is 13.8. The summed E-state index contributed by atoms with van der Waals surface area (Å²) >= 11 is 6.27. The number of hydrogen-bond acceptors (Lipinski definition) is 4. The average molecular weight is 555 g/mol. The van der Waals surface area contributed by atoms with E-state index in [2.05, 4.69) is 10.3 Å². The van der Waals surface area contributed by atoms with Crippen molar-refractivity contribution < 1.29 is 23.9 Å². The highest BCUT2D eigenvalue weighted by Gasteiger charge is 2.44. The number of H-pyrrole nitrogens is 1. The van der Waals surface area contributed by atoms with Crippen LogP contribution in [0.25, 0.3) is 10.9 Å². The Morgan fingerprint density at radius 1 is 1.10 bits per heavy atom. The van der Waals surface area contributed by atoms with Gasteiger partial charge >= 0.3 is 5.97 Å². The number of likely N-dealkylation sites (tertiary alicyclic amines) is 1. The van der Waals surface area contributed by atoms with E-state index in [1.165, 1.54) is 0 Å². The molecule has 0 spiro atoms. The summed E-state index contributed by atoms with van der Waals surface area (Å²) in [7, 11) is 0. The number of fused-ring (bicyclic) bond motifs is 1. The van der Waals surface area contributed by atoms with Gasteiger partial charge in [-0.2, -0.15) is 0 Å². The highest BCUT2D eigenvalue weighted by Crippen LogP contribution is 2.39. The van der Waals surface area contributed by atoms with Gasteiger partial charge in [0, 0.05) is 41.0 Å². The van der Waals surface area contributed by atoms with Crippen molar-refractivity contribution in [2.45, 2.75) is 50.1 Å². The predicted octanol–water partition coefficient (Wildman–Crippen LogP) is 4.95. The van der Waals surface area contributed by atoms with E-state index in [9.17, 15) is 23.9 Å². The van der Waals surface area contributed by atoms with Crippen molar-refractivity contribution in [3.63, 3.8) is 0 Å². The number of aromatic amines is 1. The number of benzene rings is 2. The maximum Gasteiger partial charge on any atom is 0.353 e. The fourth-order valence-electron chi connectivity index (χ4n) is 6.17. The largest absolute Gasteiger partial charge is 0.477 e. The van der Waals surface area contributed by atoms with Crippen LogP contribution in [0.15, 0.2) is 48.5 Å². The number of hydrogen-bond donors (Lipinski definition) is 4. The molecule has 206 valence electrons. The van der Waals surface area contributed by atoms with Gasteiger partial charge in [-0.1, -0.05) is 41.9 Å². The van der Waals surface area contributed by atoms with Gasteiger partial charge in [0.05, 0.1) is 5.02 Å². The number of halogens is 2. The first kappa shape index (κ1) is 27.1. The number of nitrogens with zero attached hydrogens (tertiary/aromatic N) is 1. The number of carboxylic acids is 1. The van der Waals surface area contributed by atoms with Gasteiger partial charge in [-0.3, -0.25) is 9.59 Å². The van der Waals surface area contributed by atoms with E-state index < -0.39 is 24.7 Å². The molecule has 2 aliphatic rings. The third-order valence-electron chi connectivity index (χ3n) is 8.30. The summed E-state index contributed by atoms with van der Waals surface area (Å²) in [5, 5.41) is 12.9. The smallest absolute Gasteiger partial charge is 0.353 e. The molecule has 2 aromatic carbocycles. The number of carbonyl (C=O) groups is 3. The monoisotopic (exact) mass is 554 g/mol. The zero-order chi connectivity index (χ0) is 27.7. The number of anilines is 1. The Morgan fingerprint density at radius 2 is 1.82 bits per heavy atom. The van der Waals surface area contributed by atoms with Crippen LogP contribution in [0.2, 0.25) is 5.02 Å². The Kier molecular flexibility index (Phi) is 7.91. The molecule has 5 rings (SSSR count). The lowest BCUT2D eigenvalue weighted by atomic mass is 9.78. The number of rotatable bonds is 7. The molecule has 1 aromatic heterocycles. The number of carboxylic acid groups (broad SMARTS) is 1. The molecule has 10 heteroatoms. The minimum Gasteiger partial charge on any atom is -0.477 e. The van der Waals surface area contributed by atoms with Crippen molar-refractivity contribution >= 4 is 46.0 Å². The molecule has 0 bridgehead atoms. The van der Waals surface area contributed by atoms with E-state index in [4.69, 9.17) is 17.3 Å². The predicted molar refractivity (Wildman–Crippen MR) is 148 cm³/mol.